The topological polar surface area (TPSA) is 89.3 Å². The van der Waals surface area contributed by atoms with Gasteiger partial charge in [-0.15, -0.1) is 0 Å². The van der Waals surface area contributed by atoms with Crippen molar-refractivity contribution in [2.75, 3.05) is 10.6 Å². The third-order valence-corrected chi connectivity index (χ3v) is 3.69. The van der Waals surface area contributed by atoms with E-state index >= 15 is 0 Å². The van der Waals surface area contributed by atoms with Gasteiger partial charge in [-0.25, -0.2) is 4.79 Å². The average Bonchev–Trinajstić information content (AvgIpc) is 3.04. The van der Waals surface area contributed by atoms with Gasteiger partial charge < -0.3 is 14.6 Å². The molecule has 0 atom stereocenters. The van der Waals surface area contributed by atoms with Gasteiger partial charge in [-0.1, -0.05) is 32.0 Å². The lowest BCUT2D eigenvalue weighted by Crippen LogP contribution is -2.19. The van der Waals surface area contributed by atoms with Crippen molar-refractivity contribution in [3.05, 3.63) is 60.1 Å². The van der Waals surface area contributed by atoms with Crippen LogP contribution in [0.1, 0.15) is 32.2 Å². The molecule has 0 aliphatic rings. The molecule has 2 N–H and O–H groups in total. The number of benzene rings is 1. The van der Waals surface area contributed by atoms with Crippen molar-refractivity contribution >= 4 is 17.5 Å². The van der Waals surface area contributed by atoms with Gasteiger partial charge in [-0.2, -0.15) is 0 Å². The molecule has 0 aliphatic carbocycles. The van der Waals surface area contributed by atoms with Gasteiger partial charge in [0.05, 0.1) is 0 Å². The van der Waals surface area contributed by atoms with E-state index in [4.69, 9.17) is 9.26 Å². The van der Waals surface area contributed by atoms with Crippen LogP contribution in [0.3, 0.4) is 0 Å². The summed E-state index contributed by atoms with van der Waals surface area (Å²) in [6.45, 7) is 7.91. The molecule has 0 bridgehead atoms. The molecule has 1 aromatic carbocycles. The largest absolute Gasteiger partial charge is 0.457 e. The highest BCUT2D eigenvalue weighted by Crippen LogP contribution is 2.26. The Morgan fingerprint density at radius 2 is 1.85 bits per heavy atom. The molecular weight excluding hydrogens is 344 g/mol. The highest BCUT2D eigenvalue weighted by atomic mass is 16.5. The van der Waals surface area contributed by atoms with Crippen LogP contribution >= 0.6 is 0 Å². The summed E-state index contributed by atoms with van der Waals surface area (Å²) in [6, 6.07) is 12.0. The highest BCUT2D eigenvalue weighted by molar-refractivity contribution is 5.99. The van der Waals surface area contributed by atoms with Crippen LogP contribution in [0.4, 0.5) is 16.3 Å². The molecule has 0 aliphatic heterocycles. The standard InChI is InChI=1S/C20H22N4O3/c1-13-10-16(8-9-21-13)26-15-7-5-6-14(11-15)22-19(25)23-18-12-17(27-24-18)20(2,3)4/h5-12H,1-4H3,(H2,22,23,24,25). The van der Waals surface area contributed by atoms with Gasteiger partial charge in [0.2, 0.25) is 0 Å². The number of rotatable bonds is 4. The first-order chi connectivity index (χ1) is 12.8. The van der Waals surface area contributed by atoms with E-state index in [1.807, 2.05) is 39.8 Å². The summed E-state index contributed by atoms with van der Waals surface area (Å²) >= 11 is 0. The Morgan fingerprint density at radius 1 is 1.07 bits per heavy atom. The molecule has 0 radical (unpaired) electrons. The molecule has 2 aromatic heterocycles. The maximum Gasteiger partial charge on any atom is 0.324 e. The lowest BCUT2D eigenvalue weighted by Gasteiger charge is -2.12. The number of anilines is 2. The van der Waals surface area contributed by atoms with E-state index in [1.165, 1.54) is 0 Å². The summed E-state index contributed by atoms with van der Waals surface area (Å²) < 4.78 is 11.1. The fourth-order valence-electron chi connectivity index (χ4n) is 2.32. The van der Waals surface area contributed by atoms with E-state index in [0.29, 0.717) is 28.8 Å². The van der Waals surface area contributed by atoms with E-state index in [-0.39, 0.29) is 5.41 Å². The van der Waals surface area contributed by atoms with Crippen molar-refractivity contribution in [3.63, 3.8) is 0 Å². The molecule has 2 amide bonds. The predicted octanol–water partition coefficient (Wildman–Crippen LogP) is 5.11. The fraction of sp³-hybridized carbons (Fsp3) is 0.250. The third-order valence-electron chi connectivity index (χ3n) is 3.69. The zero-order valence-corrected chi connectivity index (χ0v) is 15.7. The van der Waals surface area contributed by atoms with Crippen LogP contribution < -0.4 is 15.4 Å². The SMILES string of the molecule is Cc1cc(Oc2cccc(NC(=O)Nc3cc(C(C)(C)C)on3)c2)ccn1. The van der Waals surface area contributed by atoms with Gasteiger partial charge in [-0.05, 0) is 25.1 Å². The molecule has 0 spiro atoms. The van der Waals surface area contributed by atoms with Crippen LogP contribution in [-0.4, -0.2) is 16.2 Å². The van der Waals surface area contributed by atoms with Gasteiger partial charge in [-0.3, -0.25) is 10.3 Å². The molecule has 7 heteroatoms. The Balaban J connectivity index is 1.63. The van der Waals surface area contributed by atoms with Gasteiger partial charge in [0.15, 0.2) is 5.82 Å². The molecule has 3 aromatic rings. The second-order valence-electron chi connectivity index (χ2n) is 7.17. The minimum absolute atomic E-state index is 0.180. The molecule has 27 heavy (non-hydrogen) atoms. The van der Waals surface area contributed by atoms with Crippen molar-refractivity contribution < 1.29 is 14.1 Å². The second-order valence-corrected chi connectivity index (χ2v) is 7.17. The van der Waals surface area contributed by atoms with Crippen LogP contribution in [-0.2, 0) is 5.41 Å². The number of aromatic nitrogens is 2. The lowest BCUT2D eigenvalue weighted by molar-refractivity contribution is 0.262. The first-order valence-corrected chi connectivity index (χ1v) is 8.55. The first kappa shape index (κ1) is 18.4. The molecule has 3 rings (SSSR count). The van der Waals surface area contributed by atoms with E-state index in [0.717, 1.165) is 5.69 Å². The maximum absolute atomic E-state index is 12.2. The number of amides is 2. The van der Waals surface area contributed by atoms with Crippen molar-refractivity contribution in [2.24, 2.45) is 0 Å². The Hall–Kier alpha value is -3.35. The zero-order valence-electron chi connectivity index (χ0n) is 15.7. The maximum atomic E-state index is 12.2. The smallest absolute Gasteiger partial charge is 0.324 e. The number of carbonyl (C=O) groups is 1. The Bertz CT molecular complexity index is 944. The molecule has 2 heterocycles. The zero-order chi connectivity index (χ0) is 19.4. The number of hydrogen-bond acceptors (Lipinski definition) is 5. The number of ether oxygens (including phenoxy) is 1. The van der Waals surface area contributed by atoms with Crippen molar-refractivity contribution in [1.29, 1.82) is 0 Å². The number of carbonyl (C=O) groups excluding carboxylic acids is 1. The highest BCUT2D eigenvalue weighted by Gasteiger charge is 2.20. The minimum Gasteiger partial charge on any atom is -0.457 e. The molecule has 140 valence electrons. The van der Waals surface area contributed by atoms with Gasteiger partial charge in [0.1, 0.15) is 17.3 Å². The van der Waals surface area contributed by atoms with Crippen LogP contribution in [0, 0.1) is 6.92 Å². The van der Waals surface area contributed by atoms with Gasteiger partial charge >= 0.3 is 6.03 Å². The minimum atomic E-state index is -0.416. The van der Waals surface area contributed by atoms with Crippen molar-refractivity contribution in [1.82, 2.24) is 10.1 Å². The monoisotopic (exact) mass is 366 g/mol. The quantitative estimate of drug-likeness (QED) is 0.669. The van der Waals surface area contributed by atoms with E-state index in [1.54, 1.807) is 36.5 Å². The van der Waals surface area contributed by atoms with Gasteiger partial charge in [0.25, 0.3) is 0 Å². The molecule has 0 saturated carbocycles. The lowest BCUT2D eigenvalue weighted by atomic mass is 9.93. The third kappa shape index (κ3) is 5.07. The predicted molar refractivity (Wildman–Crippen MR) is 103 cm³/mol. The number of aryl methyl sites for hydroxylation is 1. The summed E-state index contributed by atoms with van der Waals surface area (Å²) in [7, 11) is 0. The Kier molecular flexibility index (Phi) is 5.12. The summed E-state index contributed by atoms with van der Waals surface area (Å²) in [6.07, 6.45) is 1.68. The van der Waals surface area contributed by atoms with Crippen LogP contribution in [0.2, 0.25) is 0 Å². The Morgan fingerprint density at radius 3 is 2.56 bits per heavy atom. The molecule has 0 fully saturated rings. The van der Waals surface area contributed by atoms with E-state index in [9.17, 15) is 4.79 Å². The van der Waals surface area contributed by atoms with E-state index < -0.39 is 6.03 Å². The molecule has 0 unspecified atom stereocenters. The van der Waals surface area contributed by atoms with Crippen LogP contribution in [0.5, 0.6) is 11.5 Å². The second kappa shape index (κ2) is 7.49. The summed E-state index contributed by atoms with van der Waals surface area (Å²) in [4.78, 5) is 16.3. The first-order valence-electron chi connectivity index (χ1n) is 8.55. The number of urea groups is 1. The van der Waals surface area contributed by atoms with Crippen molar-refractivity contribution in [3.8, 4) is 11.5 Å². The number of nitrogens with zero attached hydrogens (tertiary/aromatic N) is 2. The summed E-state index contributed by atoms with van der Waals surface area (Å²) in [5.74, 6) is 2.34. The van der Waals surface area contributed by atoms with Crippen LogP contribution in [0.15, 0.2) is 53.2 Å². The Labute approximate surface area is 157 Å². The van der Waals surface area contributed by atoms with Gasteiger partial charge in [0, 0.05) is 41.2 Å². The summed E-state index contributed by atoms with van der Waals surface area (Å²) in [5, 5.41) is 9.28. The normalized spacial score (nSPS) is 11.1. The summed E-state index contributed by atoms with van der Waals surface area (Å²) in [5.41, 5.74) is 1.28. The molecular formula is C20H22N4O3. The van der Waals surface area contributed by atoms with Crippen LogP contribution in [0.25, 0.3) is 0 Å². The average molecular weight is 366 g/mol. The van der Waals surface area contributed by atoms with Crippen molar-refractivity contribution in [2.45, 2.75) is 33.1 Å². The number of nitrogens with one attached hydrogen (secondary N) is 2. The molecule has 7 nitrogen and oxygen atoms in total. The molecule has 0 saturated heterocycles. The van der Waals surface area contributed by atoms with E-state index in [2.05, 4.69) is 20.8 Å². The number of pyridine rings is 1. The number of hydrogen-bond donors (Lipinski definition) is 2. The fourth-order valence-corrected chi connectivity index (χ4v) is 2.32.